The van der Waals surface area contributed by atoms with Crippen molar-refractivity contribution in [3.63, 3.8) is 0 Å². The third-order valence-corrected chi connectivity index (χ3v) is 3.02. The molecule has 0 radical (unpaired) electrons. The Morgan fingerprint density at radius 3 is 2.50 bits per heavy atom. The Morgan fingerprint density at radius 1 is 1.28 bits per heavy atom. The lowest BCUT2D eigenvalue weighted by Crippen LogP contribution is -2.44. The highest BCUT2D eigenvalue weighted by Gasteiger charge is 2.42. The molecule has 4 nitrogen and oxygen atoms in total. The molecule has 1 amide bonds. The first-order chi connectivity index (χ1) is 8.30. The molecule has 1 N–H and O–H groups in total. The van der Waals surface area contributed by atoms with E-state index in [1.165, 1.54) is 4.90 Å². The number of halogens is 3. The quantitative estimate of drug-likeness (QED) is 0.848. The van der Waals surface area contributed by atoms with Crippen molar-refractivity contribution >= 4 is 11.9 Å². The van der Waals surface area contributed by atoms with Gasteiger partial charge in [0, 0.05) is 25.9 Å². The monoisotopic (exact) mass is 267 g/mol. The minimum atomic E-state index is -4.26. The van der Waals surface area contributed by atoms with Gasteiger partial charge >= 0.3 is 12.1 Å². The van der Waals surface area contributed by atoms with Crippen molar-refractivity contribution < 1.29 is 27.9 Å². The fraction of sp³-hybridized carbons (Fsp3) is 0.818. The highest BCUT2D eigenvalue weighted by molar-refractivity contribution is 5.77. The second kappa shape index (κ2) is 6.06. The maximum Gasteiger partial charge on any atom is 0.393 e. The van der Waals surface area contributed by atoms with E-state index in [1.807, 2.05) is 0 Å². The number of carbonyl (C=O) groups excluding carboxylic acids is 1. The zero-order valence-corrected chi connectivity index (χ0v) is 9.87. The Morgan fingerprint density at radius 2 is 1.94 bits per heavy atom. The van der Waals surface area contributed by atoms with Gasteiger partial charge in [0.05, 0.1) is 5.92 Å². The molecule has 1 rings (SSSR count). The predicted octanol–water partition coefficient (Wildman–Crippen LogP) is 2.04. The van der Waals surface area contributed by atoms with Gasteiger partial charge in [-0.05, 0) is 19.3 Å². The minimum absolute atomic E-state index is 0.00310. The van der Waals surface area contributed by atoms with Gasteiger partial charge in [0.2, 0.25) is 5.91 Å². The third-order valence-electron chi connectivity index (χ3n) is 3.02. The van der Waals surface area contributed by atoms with Crippen LogP contribution in [0.5, 0.6) is 0 Å². The first kappa shape index (κ1) is 14.8. The normalized spacial score (nSPS) is 20.8. The predicted molar refractivity (Wildman–Crippen MR) is 56.8 cm³/mol. The third kappa shape index (κ3) is 4.54. The van der Waals surface area contributed by atoms with E-state index in [2.05, 4.69) is 0 Å². The molecule has 0 aromatic heterocycles. The number of piperidine rings is 1. The average Bonchev–Trinajstić information content (AvgIpc) is 2.27. The number of carboxylic acids is 1. The van der Waals surface area contributed by atoms with Crippen LogP contribution < -0.4 is 0 Å². The molecule has 1 fully saturated rings. The van der Waals surface area contributed by atoms with Crippen LogP contribution in [0.25, 0.3) is 0 Å². The fourth-order valence-electron chi connectivity index (χ4n) is 2.02. The van der Waals surface area contributed by atoms with Crippen LogP contribution in [0.1, 0.15) is 32.1 Å². The van der Waals surface area contributed by atoms with Gasteiger partial charge in [-0.2, -0.15) is 13.2 Å². The second-order valence-electron chi connectivity index (χ2n) is 4.47. The van der Waals surface area contributed by atoms with Crippen LogP contribution in [0.2, 0.25) is 0 Å². The number of nitrogens with zero attached hydrogens (tertiary/aromatic N) is 1. The molecular weight excluding hydrogens is 251 g/mol. The van der Waals surface area contributed by atoms with Crippen LogP contribution in [0.4, 0.5) is 13.2 Å². The van der Waals surface area contributed by atoms with Gasteiger partial charge in [-0.15, -0.1) is 0 Å². The van der Waals surface area contributed by atoms with Crippen molar-refractivity contribution in [3.05, 3.63) is 0 Å². The van der Waals surface area contributed by atoms with Gasteiger partial charge in [-0.1, -0.05) is 0 Å². The average molecular weight is 267 g/mol. The Labute approximate surface area is 103 Å². The topological polar surface area (TPSA) is 57.6 Å². The number of carbonyl (C=O) groups is 2. The van der Waals surface area contributed by atoms with E-state index in [0.717, 1.165) is 0 Å². The SMILES string of the molecule is O=C(O)CCCC(=O)N1CCCC(C(F)(F)F)C1. The van der Waals surface area contributed by atoms with Crippen molar-refractivity contribution in [2.75, 3.05) is 13.1 Å². The molecule has 1 unspecified atom stereocenters. The molecule has 0 aromatic carbocycles. The molecular formula is C11H16F3NO3. The highest BCUT2D eigenvalue weighted by atomic mass is 19.4. The van der Waals surface area contributed by atoms with E-state index < -0.39 is 18.1 Å². The molecule has 0 spiro atoms. The smallest absolute Gasteiger partial charge is 0.393 e. The number of alkyl halides is 3. The van der Waals surface area contributed by atoms with Crippen LogP contribution in [0, 0.1) is 5.92 Å². The number of hydrogen-bond donors (Lipinski definition) is 1. The van der Waals surface area contributed by atoms with Gasteiger partial charge in [0.15, 0.2) is 0 Å². The molecule has 1 aliphatic rings. The summed E-state index contributed by atoms with van der Waals surface area (Å²) >= 11 is 0. The zero-order chi connectivity index (χ0) is 13.8. The summed E-state index contributed by atoms with van der Waals surface area (Å²) in [5, 5.41) is 8.41. The number of aliphatic carboxylic acids is 1. The van der Waals surface area contributed by atoms with Crippen LogP contribution in [0.15, 0.2) is 0 Å². The zero-order valence-electron chi connectivity index (χ0n) is 9.87. The van der Waals surface area contributed by atoms with Crippen LogP contribution in [-0.4, -0.2) is 41.1 Å². The molecule has 0 bridgehead atoms. The number of rotatable bonds is 4. The summed E-state index contributed by atoms with van der Waals surface area (Å²) in [5.74, 6) is -2.84. The Hall–Kier alpha value is -1.27. The summed E-state index contributed by atoms with van der Waals surface area (Å²) in [4.78, 5) is 23.1. The molecule has 104 valence electrons. The second-order valence-corrected chi connectivity index (χ2v) is 4.47. The molecule has 18 heavy (non-hydrogen) atoms. The maximum absolute atomic E-state index is 12.5. The standard InChI is InChI=1S/C11H16F3NO3/c12-11(13,14)8-3-2-6-15(7-8)9(16)4-1-5-10(17)18/h8H,1-7H2,(H,17,18). The molecule has 1 heterocycles. The van der Waals surface area contributed by atoms with Gasteiger partial charge in [-0.3, -0.25) is 9.59 Å². The van der Waals surface area contributed by atoms with E-state index in [4.69, 9.17) is 5.11 Å². The molecule has 0 saturated carbocycles. The summed E-state index contributed by atoms with van der Waals surface area (Å²) in [7, 11) is 0. The van der Waals surface area contributed by atoms with Crippen molar-refractivity contribution in [1.82, 2.24) is 4.90 Å². The molecule has 0 aromatic rings. The fourth-order valence-corrected chi connectivity index (χ4v) is 2.02. The first-order valence-electron chi connectivity index (χ1n) is 5.87. The van der Waals surface area contributed by atoms with Crippen LogP contribution in [0.3, 0.4) is 0 Å². The molecule has 7 heteroatoms. The molecule has 1 atom stereocenters. The van der Waals surface area contributed by atoms with E-state index >= 15 is 0 Å². The lowest BCUT2D eigenvalue weighted by Gasteiger charge is -2.33. The molecule has 1 aliphatic heterocycles. The highest BCUT2D eigenvalue weighted by Crippen LogP contribution is 2.33. The van der Waals surface area contributed by atoms with Crippen molar-refractivity contribution in [1.29, 1.82) is 0 Å². The number of amides is 1. The van der Waals surface area contributed by atoms with E-state index in [0.29, 0.717) is 13.0 Å². The van der Waals surface area contributed by atoms with Gasteiger partial charge in [0.1, 0.15) is 0 Å². The van der Waals surface area contributed by atoms with Crippen LogP contribution >= 0.6 is 0 Å². The van der Waals surface area contributed by atoms with Gasteiger partial charge < -0.3 is 10.0 Å². The van der Waals surface area contributed by atoms with Crippen molar-refractivity contribution in [2.45, 2.75) is 38.3 Å². The molecule has 0 aliphatic carbocycles. The Balaban J connectivity index is 2.41. The van der Waals surface area contributed by atoms with Crippen molar-refractivity contribution in [2.24, 2.45) is 5.92 Å². The van der Waals surface area contributed by atoms with E-state index in [-0.39, 0.29) is 38.1 Å². The summed E-state index contributed by atoms with van der Waals surface area (Å²) in [6.07, 6.45) is -3.84. The molecule has 1 saturated heterocycles. The lowest BCUT2D eigenvalue weighted by atomic mass is 9.97. The summed E-state index contributed by atoms with van der Waals surface area (Å²) < 4.78 is 37.6. The van der Waals surface area contributed by atoms with Crippen molar-refractivity contribution in [3.8, 4) is 0 Å². The Kier molecular flexibility index (Phi) is 4.98. The van der Waals surface area contributed by atoms with E-state index in [9.17, 15) is 22.8 Å². The summed E-state index contributed by atoms with van der Waals surface area (Å²) in [5.41, 5.74) is 0. The summed E-state index contributed by atoms with van der Waals surface area (Å²) in [6.45, 7) is 0.0356. The lowest BCUT2D eigenvalue weighted by molar-refractivity contribution is -0.188. The number of carboxylic acid groups (broad SMARTS) is 1. The maximum atomic E-state index is 12.5. The Bertz CT molecular complexity index is 317. The number of likely N-dealkylation sites (tertiary alicyclic amines) is 1. The minimum Gasteiger partial charge on any atom is -0.481 e. The van der Waals surface area contributed by atoms with Gasteiger partial charge in [-0.25, -0.2) is 0 Å². The largest absolute Gasteiger partial charge is 0.481 e. The number of hydrogen-bond acceptors (Lipinski definition) is 2. The van der Waals surface area contributed by atoms with Crippen LogP contribution in [-0.2, 0) is 9.59 Å². The first-order valence-corrected chi connectivity index (χ1v) is 5.87. The summed E-state index contributed by atoms with van der Waals surface area (Å²) in [6, 6.07) is 0. The van der Waals surface area contributed by atoms with Gasteiger partial charge in [0.25, 0.3) is 0 Å². The van der Waals surface area contributed by atoms with E-state index in [1.54, 1.807) is 0 Å².